The Morgan fingerprint density at radius 3 is 2.65 bits per heavy atom. The first-order valence-corrected chi connectivity index (χ1v) is 5.36. The van der Waals surface area contributed by atoms with Gasteiger partial charge >= 0.3 is 5.97 Å². The molecule has 3 rings (SSSR count). The first-order chi connectivity index (χ1) is 8.24. The molecule has 2 aromatic carbocycles. The van der Waals surface area contributed by atoms with E-state index < -0.39 is 5.97 Å². The van der Waals surface area contributed by atoms with Crippen molar-refractivity contribution in [2.24, 2.45) is 0 Å². The lowest BCUT2D eigenvalue weighted by Gasteiger charge is -2.20. The summed E-state index contributed by atoms with van der Waals surface area (Å²) in [7, 11) is 0. The molecule has 0 saturated carbocycles. The van der Waals surface area contributed by atoms with Gasteiger partial charge in [-0.25, -0.2) is 4.79 Å². The Labute approximate surface area is 98.3 Å². The fourth-order valence-electron chi connectivity index (χ4n) is 2.02. The Bertz CT molecular complexity index is 602. The molecule has 0 aliphatic carbocycles. The molecule has 1 heterocycles. The maximum atomic E-state index is 10.9. The van der Waals surface area contributed by atoms with Crippen LogP contribution in [0.4, 0.5) is 0 Å². The van der Waals surface area contributed by atoms with Gasteiger partial charge in [-0.2, -0.15) is 0 Å². The Kier molecular flexibility index (Phi) is 2.11. The number of aromatic carboxylic acids is 1. The molecule has 0 unspecified atom stereocenters. The number of ether oxygens (including phenoxy) is 1. The zero-order chi connectivity index (χ0) is 11.8. The minimum Gasteiger partial charge on any atom is -0.478 e. The smallest absolute Gasteiger partial charge is 0.335 e. The van der Waals surface area contributed by atoms with Crippen LogP contribution in [0.15, 0.2) is 42.5 Å². The van der Waals surface area contributed by atoms with Crippen molar-refractivity contribution < 1.29 is 14.6 Å². The van der Waals surface area contributed by atoms with Gasteiger partial charge < -0.3 is 9.84 Å². The van der Waals surface area contributed by atoms with Gasteiger partial charge in [0.1, 0.15) is 11.5 Å². The molecule has 0 spiro atoms. The maximum absolute atomic E-state index is 10.9. The minimum absolute atomic E-state index is 0.298. The van der Waals surface area contributed by atoms with E-state index in [4.69, 9.17) is 9.84 Å². The van der Waals surface area contributed by atoms with Crippen LogP contribution in [0.3, 0.4) is 0 Å². The quantitative estimate of drug-likeness (QED) is 0.693. The summed E-state index contributed by atoms with van der Waals surface area (Å²) in [5.74, 6) is 0.684. The third kappa shape index (κ3) is 1.65. The van der Waals surface area contributed by atoms with E-state index >= 15 is 0 Å². The molecule has 0 fully saturated rings. The van der Waals surface area contributed by atoms with Crippen molar-refractivity contribution in [2.75, 3.05) is 0 Å². The highest BCUT2D eigenvalue weighted by atomic mass is 16.5. The van der Waals surface area contributed by atoms with Crippen LogP contribution in [0.2, 0.25) is 0 Å². The summed E-state index contributed by atoms with van der Waals surface area (Å²) in [5.41, 5.74) is 2.30. The number of carboxylic acids is 1. The number of fused-ring (bicyclic) bond motifs is 2. The number of benzene rings is 2. The summed E-state index contributed by atoms with van der Waals surface area (Å²) in [6, 6.07) is 12.7. The van der Waals surface area contributed by atoms with Crippen molar-refractivity contribution in [3.05, 3.63) is 59.2 Å². The molecule has 0 aromatic heterocycles. The van der Waals surface area contributed by atoms with Crippen LogP contribution in [0.5, 0.6) is 11.5 Å². The molecule has 0 saturated heterocycles. The van der Waals surface area contributed by atoms with Crippen molar-refractivity contribution in [1.82, 2.24) is 0 Å². The summed E-state index contributed by atoms with van der Waals surface area (Å²) in [5, 5.41) is 8.94. The molecule has 2 aromatic rings. The van der Waals surface area contributed by atoms with Gasteiger partial charge in [0.05, 0.1) is 5.56 Å². The lowest BCUT2D eigenvalue weighted by Crippen LogP contribution is -2.05. The third-order valence-corrected chi connectivity index (χ3v) is 2.88. The summed E-state index contributed by atoms with van der Waals surface area (Å²) in [4.78, 5) is 10.9. The lowest BCUT2D eigenvalue weighted by molar-refractivity contribution is 0.0696. The summed E-state index contributed by atoms with van der Waals surface area (Å²) < 4.78 is 5.72. The van der Waals surface area contributed by atoms with Crippen molar-refractivity contribution >= 4 is 5.97 Å². The van der Waals surface area contributed by atoms with E-state index in [0.717, 1.165) is 22.6 Å². The predicted octanol–water partition coefficient (Wildman–Crippen LogP) is 3.08. The molecule has 84 valence electrons. The van der Waals surface area contributed by atoms with Crippen LogP contribution in [-0.4, -0.2) is 11.1 Å². The van der Waals surface area contributed by atoms with Gasteiger partial charge in [0.2, 0.25) is 0 Å². The molecule has 17 heavy (non-hydrogen) atoms. The third-order valence-electron chi connectivity index (χ3n) is 2.88. The van der Waals surface area contributed by atoms with Crippen molar-refractivity contribution in [2.45, 2.75) is 6.42 Å². The SMILES string of the molecule is O=C(O)c1ccc2c(c1)Cc1ccccc1O2. The number of carboxylic acid groups (broad SMARTS) is 1. The Morgan fingerprint density at radius 2 is 1.82 bits per heavy atom. The first kappa shape index (κ1) is 9.90. The second kappa shape index (κ2) is 3.63. The molecule has 1 aliphatic rings. The molecular weight excluding hydrogens is 216 g/mol. The van der Waals surface area contributed by atoms with E-state index in [2.05, 4.69) is 0 Å². The minimum atomic E-state index is -0.911. The van der Waals surface area contributed by atoms with Crippen molar-refractivity contribution in [3.8, 4) is 11.5 Å². The average molecular weight is 226 g/mol. The van der Waals surface area contributed by atoms with Crippen LogP contribution >= 0.6 is 0 Å². The van der Waals surface area contributed by atoms with Gasteiger partial charge in [0, 0.05) is 12.0 Å². The molecule has 3 nitrogen and oxygen atoms in total. The standard InChI is InChI=1S/C14H10O3/c15-14(16)10-5-6-13-11(8-10)7-9-3-1-2-4-12(9)17-13/h1-6,8H,7H2,(H,15,16). The summed E-state index contributed by atoms with van der Waals surface area (Å²) in [6.45, 7) is 0. The number of carbonyl (C=O) groups is 1. The lowest BCUT2D eigenvalue weighted by atomic mass is 9.99. The molecular formula is C14H10O3. The average Bonchev–Trinajstić information content (AvgIpc) is 2.35. The van der Waals surface area contributed by atoms with E-state index in [1.54, 1.807) is 18.2 Å². The normalized spacial score (nSPS) is 12.2. The van der Waals surface area contributed by atoms with Crippen LogP contribution in [-0.2, 0) is 6.42 Å². The molecule has 1 N–H and O–H groups in total. The van der Waals surface area contributed by atoms with Crippen LogP contribution in [0, 0.1) is 0 Å². The maximum Gasteiger partial charge on any atom is 0.335 e. The zero-order valence-corrected chi connectivity index (χ0v) is 9.01. The first-order valence-electron chi connectivity index (χ1n) is 5.36. The van der Waals surface area contributed by atoms with Gasteiger partial charge in [0.25, 0.3) is 0 Å². The van der Waals surface area contributed by atoms with Gasteiger partial charge in [-0.3, -0.25) is 0 Å². The highest BCUT2D eigenvalue weighted by Gasteiger charge is 2.17. The summed E-state index contributed by atoms with van der Waals surface area (Å²) >= 11 is 0. The fraction of sp³-hybridized carbons (Fsp3) is 0.0714. The van der Waals surface area contributed by atoms with E-state index in [1.165, 1.54) is 0 Å². The van der Waals surface area contributed by atoms with E-state index in [0.29, 0.717) is 12.0 Å². The number of hydrogen-bond donors (Lipinski definition) is 1. The molecule has 0 atom stereocenters. The molecule has 3 heteroatoms. The second-order valence-corrected chi connectivity index (χ2v) is 4.01. The molecule has 0 radical (unpaired) electrons. The predicted molar refractivity (Wildman–Crippen MR) is 62.7 cm³/mol. The topological polar surface area (TPSA) is 46.5 Å². The highest BCUT2D eigenvalue weighted by Crippen LogP contribution is 2.36. The Balaban J connectivity index is 2.06. The highest BCUT2D eigenvalue weighted by molar-refractivity contribution is 5.88. The van der Waals surface area contributed by atoms with Crippen molar-refractivity contribution in [1.29, 1.82) is 0 Å². The largest absolute Gasteiger partial charge is 0.478 e. The molecule has 1 aliphatic heterocycles. The monoisotopic (exact) mass is 226 g/mol. The Hall–Kier alpha value is -2.29. The van der Waals surface area contributed by atoms with Crippen molar-refractivity contribution in [3.63, 3.8) is 0 Å². The van der Waals surface area contributed by atoms with E-state index in [1.807, 2.05) is 24.3 Å². The van der Waals surface area contributed by atoms with Crippen LogP contribution in [0.25, 0.3) is 0 Å². The van der Waals surface area contributed by atoms with E-state index in [-0.39, 0.29) is 0 Å². The molecule has 0 bridgehead atoms. The van der Waals surface area contributed by atoms with Crippen LogP contribution in [0.1, 0.15) is 21.5 Å². The van der Waals surface area contributed by atoms with Gasteiger partial charge in [-0.15, -0.1) is 0 Å². The number of hydrogen-bond acceptors (Lipinski definition) is 2. The fourth-order valence-corrected chi connectivity index (χ4v) is 2.02. The molecule has 0 amide bonds. The number of rotatable bonds is 1. The Morgan fingerprint density at radius 1 is 1.06 bits per heavy atom. The van der Waals surface area contributed by atoms with Gasteiger partial charge in [0.15, 0.2) is 0 Å². The van der Waals surface area contributed by atoms with E-state index in [9.17, 15) is 4.79 Å². The summed E-state index contributed by atoms with van der Waals surface area (Å²) in [6.07, 6.45) is 0.715. The second-order valence-electron chi connectivity index (χ2n) is 4.01. The van der Waals surface area contributed by atoms with Crippen LogP contribution < -0.4 is 4.74 Å². The van der Waals surface area contributed by atoms with Gasteiger partial charge in [-0.05, 0) is 29.8 Å². The number of para-hydroxylation sites is 1. The zero-order valence-electron chi connectivity index (χ0n) is 9.01. The van der Waals surface area contributed by atoms with Gasteiger partial charge in [-0.1, -0.05) is 18.2 Å².